The lowest BCUT2D eigenvalue weighted by Gasteiger charge is -2.21. The van der Waals surface area contributed by atoms with Gasteiger partial charge in [-0.25, -0.2) is 4.68 Å². The lowest BCUT2D eigenvalue weighted by atomic mass is 10.1. The lowest BCUT2D eigenvalue weighted by molar-refractivity contribution is 0.365. The number of aryl methyl sites for hydroxylation is 1. The monoisotopic (exact) mass is 309 g/mol. The van der Waals surface area contributed by atoms with Crippen molar-refractivity contribution in [2.45, 2.75) is 39.4 Å². The molecule has 0 aliphatic heterocycles. The molecule has 2 aromatic heterocycles. The Hall–Kier alpha value is -2.40. The van der Waals surface area contributed by atoms with Crippen LogP contribution in [0.3, 0.4) is 0 Å². The smallest absolute Gasteiger partial charge is 0.0645 e. The summed E-state index contributed by atoms with van der Waals surface area (Å²) in [6.45, 7) is 7.21. The fourth-order valence-corrected chi connectivity index (χ4v) is 2.51. The van der Waals surface area contributed by atoms with E-state index in [9.17, 15) is 0 Å². The molecule has 23 heavy (non-hydrogen) atoms. The first-order valence-electron chi connectivity index (χ1n) is 7.96. The van der Waals surface area contributed by atoms with Gasteiger partial charge in [-0.15, -0.1) is 0 Å². The number of hydrogen-bond acceptors (Lipinski definition) is 3. The molecule has 3 aromatic rings. The van der Waals surface area contributed by atoms with Gasteiger partial charge in [0.2, 0.25) is 0 Å². The van der Waals surface area contributed by atoms with E-state index in [1.165, 1.54) is 11.1 Å². The molecule has 0 amide bonds. The van der Waals surface area contributed by atoms with Crippen LogP contribution in [0.2, 0.25) is 0 Å². The van der Waals surface area contributed by atoms with Crippen LogP contribution in [0.5, 0.6) is 0 Å². The summed E-state index contributed by atoms with van der Waals surface area (Å²) in [5, 5.41) is 12.4. The molecule has 0 saturated heterocycles. The number of hydrogen-bond donors (Lipinski definition) is 1. The minimum absolute atomic E-state index is 0.299. The second kappa shape index (κ2) is 6.79. The highest BCUT2D eigenvalue weighted by Gasteiger charge is 2.14. The number of rotatable bonds is 6. The highest BCUT2D eigenvalue weighted by Crippen LogP contribution is 2.12. The van der Waals surface area contributed by atoms with Gasteiger partial charge < -0.3 is 5.32 Å². The molecule has 5 nitrogen and oxygen atoms in total. The fourth-order valence-electron chi connectivity index (χ4n) is 2.51. The van der Waals surface area contributed by atoms with Crippen LogP contribution in [0.25, 0.3) is 5.69 Å². The zero-order valence-corrected chi connectivity index (χ0v) is 13.8. The largest absolute Gasteiger partial charge is 0.308 e. The van der Waals surface area contributed by atoms with Crippen LogP contribution in [0.4, 0.5) is 0 Å². The van der Waals surface area contributed by atoms with E-state index in [1.54, 1.807) is 0 Å². The van der Waals surface area contributed by atoms with Crippen LogP contribution in [-0.4, -0.2) is 25.6 Å². The molecule has 5 heteroatoms. The van der Waals surface area contributed by atoms with Gasteiger partial charge in [0.25, 0.3) is 0 Å². The van der Waals surface area contributed by atoms with Crippen molar-refractivity contribution in [3.05, 3.63) is 66.2 Å². The first-order valence-corrected chi connectivity index (χ1v) is 7.96. The molecular weight excluding hydrogens is 286 g/mol. The van der Waals surface area contributed by atoms with E-state index in [0.29, 0.717) is 12.1 Å². The van der Waals surface area contributed by atoms with E-state index in [0.717, 1.165) is 12.2 Å². The van der Waals surface area contributed by atoms with Crippen molar-refractivity contribution in [2.75, 3.05) is 0 Å². The van der Waals surface area contributed by atoms with Gasteiger partial charge in [0.1, 0.15) is 0 Å². The van der Waals surface area contributed by atoms with Gasteiger partial charge in [0.15, 0.2) is 0 Å². The highest BCUT2D eigenvalue weighted by molar-refractivity contribution is 5.30. The molecular formula is C18H23N5. The summed E-state index contributed by atoms with van der Waals surface area (Å²) >= 11 is 0. The molecule has 0 radical (unpaired) electrons. The third kappa shape index (κ3) is 3.68. The molecule has 0 unspecified atom stereocenters. The molecule has 0 bridgehead atoms. The molecule has 0 fully saturated rings. The number of nitrogens with one attached hydrogen (secondary N) is 1. The van der Waals surface area contributed by atoms with Gasteiger partial charge >= 0.3 is 0 Å². The Balaban J connectivity index is 1.59. The maximum atomic E-state index is 4.43. The van der Waals surface area contributed by atoms with Crippen molar-refractivity contribution in [1.82, 2.24) is 24.9 Å². The van der Waals surface area contributed by atoms with Gasteiger partial charge in [-0.3, -0.25) is 4.68 Å². The Kier molecular flexibility index (Phi) is 4.57. The number of benzene rings is 1. The predicted molar refractivity (Wildman–Crippen MR) is 91.5 cm³/mol. The van der Waals surface area contributed by atoms with E-state index in [2.05, 4.69) is 60.8 Å². The average Bonchev–Trinajstić information content (AvgIpc) is 3.22. The molecule has 0 spiro atoms. The first kappa shape index (κ1) is 15.5. The molecule has 2 atom stereocenters. The lowest BCUT2D eigenvalue weighted by Crippen LogP contribution is -2.33. The van der Waals surface area contributed by atoms with E-state index >= 15 is 0 Å². The summed E-state index contributed by atoms with van der Waals surface area (Å²) in [7, 11) is 0. The topological polar surface area (TPSA) is 47.7 Å². The van der Waals surface area contributed by atoms with Gasteiger partial charge in [-0.05, 0) is 38.5 Å². The zero-order valence-electron chi connectivity index (χ0n) is 13.8. The SMILES string of the molecule is Cc1cnn([C@@H](C)[C@H](C)NCc2cnn(-c3ccccc3)c2)c1. The third-order valence-electron chi connectivity index (χ3n) is 4.16. The zero-order chi connectivity index (χ0) is 16.2. The third-order valence-corrected chi connectivity index (χ3v) is 4.16. The maximum Gasteiger partial charge on any atom is 0.0645 e. The fraction of sp³-hybridized carbons (Fsp3) is 0.333. The summed E-state index contributed by atoms with van der Waals surface area (Å²) in [6.07, 6.45) is 7.95. The number of para-hydroxylation sites is 1. The molecule has 1 N–H and O–H groups in total. The van der Waals surface area contributed by atoms with Crippen LogP contribution in [0.1, 0.15) is 31.0 Å². The maximum absolute atomic E-state index is 4.43. The molecule has 120 valence electrons. The Morgan fingerprint density at radius 1 is 1.04 bits per heavy atom. The summed E-state index contributed by atoms with van der Waals surface area (Å²) < 4.78 is 3.92. The minimum atomic E-state index is 0.299. The molecule has 0 aliphatic rings. The Bertz CT molecular complexity index is 744. The summed E-state index contributed by atoms with van der Waals surface area (Å²) in [4.78, 5) is 0. The second-order valence-corrected chi connectivity index (χ2v) is 6.04. The first-order chi connectivity index (χ1) is 11.1. The predicted octanol–water partition coefficient (Wildman–Crippen LogP) is 3.12. The van der Waals surface area contributed by atoms with Crippen LogP contribution in [0, 0.1) is 6.92 Å². The van der Waals surface area contributed by atoms with Crippen LogP contribution >= 0.6 is 0 Å². The number of nitrogens with zero attached hydrogens (tertiary/aromatic N) is 4. The van der Waals surface area contributed by atoms with Gasteiger partial charge in [0.05, 0.1) is 24.1 Å². The molecule has 3 rings (SSSR count). The minimum Gasteiger partial charge on any atom is -0.308 e. The Labute approximate surface area is 136 Å². The van der Waals surface area contributed by atoms with Crippen molar-refractivity contribution in [3.63, 3.8) is 0 Å². The van der Waals surface area contributed by atoms with E-state index in [-0.39, 0.29) is 0 Å². The van der Waals surface area contributed by atoms with E-state index in [1.807, 2.05) is 40.0 Å². The van der Waals surface area contributed by atoms with Crippen molar-refractivity contribution < 1.29 is 0 Å². The Morgan fingerprint density at radius 2 is 1.83 bits per heavy atom. The summed E-state index contributed by atoms with van der Waals surface area (Å²) in [5.74, 6) is 0. The molecule has 0 aliphatic carbocycles. The molecule has 2 heterocycles. The Morgan fingerprint density at radius 3 is 2.52 bits per heavy atom. The summed E-state index contributed by atoms with van der Waals surface area (Å²) in [5.41, 5.74) is 3.44. The van der Waals surface area contributed by atoms with Crippen molar-refractivity contribution in [3.8, 4) is 5.69 Å². The van der Waals surface area contributed by atoms with Crippen LogP contribution in [-0.2, 0) is 6.54 Å². The van der Waals surface area contributed by atoms with E-state index in [4.69, 9.17) is 0 Å². The quantitative estimate of drug-likeness (QED) is 0.761. The highest BCUT2D eigenvalue weighted by atomic mass is 15.3. The van der Waals surface area contributed by atoms with Crippen molar-refractivity contribution >= 4 is 0 Å². The van der Waals surface area contributed by atoms with Gasteiger partial charge in [-0.1, -0.05) is 18.2 Å². The standard InChI is InChI=1S/C18H23N5/c1-14-9-20-22(12-14)16(3)15(2)19-10-17-11-21-23(13-17)18-7-5-4-6-8-18/h4-9,11-13,15-16,19H,10H2,1-3H3/t15-,16-/m0/s1. The van der Waals surface area contributed by atoms with Crippen LogP contribution in [0.15, 0.2) is 55.1 Å². The normalized spacial score (nSPS) is 13.9. The number of aromatic nitrogens is 4. The molecule has 1 aromatic carbocycles. The van der Waals surface area contributed by atoms with Crippen LogP contribution < -0.4 is 5.32 Å². The molecule has 0 saturated carbocycles. The van der Waals surface area contributed by atoms with Crippen molar-refractivity contribution in [1.29, 1.82) is 0 Å². The van der Waals surface area contributed by atoms with Gasteiger partial charge in [0, 0.05) is 30.5 Å². The van der Waals surface area contributed by atoms with Gasteiger partial charge in [-0.2, -0.15) is 10.2 Å². The second-order valence-electron chi connectivity index (χ2n) is 6.04. The summed E-state index contributed by atoms with van der Waals surface area (Å²) in [6, 6.07) is 10.8. The average molecular weight is 309 g/mol. The van der Waals surface area contributed by atoms with E-state index < -0.39 is 0 Å². The van der Waals surface area contributed by atoms with Crippen molar-refractivity contribution in [2.24, 2.45) is 0 Å².